The fourth-order valence-electron chi connectivity index (χ4n) is 3.04. The second-order valence-electron chi connectivity index (χ2n) is 5.56. The van der Waals surface area contributed by atoms with Crippen molar-refractivity contribution < 1.29 is 9.59 Å². The maximum atomic E-state index is 12.5. The summed E-state index contributed by atoms with van der Waals surface area (Å²) in [6.45, 7) is 2.12. The highest BCUT2D eigenvalue weighted by Gasteiger charge is 2.24. The van der Waals surface area contributed by atoms with Gasteiger partial charge in [0.2, 0.25) is 0 Å². The van der Waals surface area contributed by atoms with Crippen molar-refractivity contribution in [3.63, 3.8) is 0 Å². The van der Waals surface area contributed by atoms with Crippen LogP contribution in [0.25, 0.3) is 0 Å². The first-order chi connectivity index (χ1) is 10.7. The summed E-state index contributed by atoms with van der Waals surface area (Å²) in [4.78, 5) is 24.2. The highest BCUT2D eigenvalue weighted by Crippen LogP contribution is 2.23. The van der Waals surface area contributed by atoms with Gasteiger partial charge in [0.05, 0.1) is 0 Å². The number of hydrogen-bond donors (Lipinski definition) is 3. The number of carbonyl (C=O) groups is 2. The van der Waals surface area contributed by atoms with E-state index in [1.165, 1.54) is 11.1 Å². The van der Waals surface area contributed by atoms with Crippen molar-refractivity contribution in [2.75, 3.05) is 5.32 Å². The van der Waals surface area contributed by atoms with Crippen LogP contribution in [0.4, 0.5) is 5.69 Å². The summed E-state index contributed by atoms with van der Waals surface area (Å²) in [5.74, 6) is -0.299. The van der Waals surface area contributed by atoms with Crippen LogP contribution in [-0.4, -0.2) is 11.8 Å². The third kappa shape index (κ3) is 2.07. The topological polar surface area (TPSA) is 70.2 Å². The van der Waals surface area contributed by atoms with Crippen molar-refractivity contribution >= 4 is 17.5 Å². The number of amides is 2. The number of fused-ring (bicyclic) bond motifs is 2. The normalized spacial score (nSPS) is 15.2. The molecule has 0 unspecified atom stereocenters. The predicted molar refractivity (Wildman–Crippen MR) is 82.6 cm³/mol. The first-order valence-electron chi connectivity index (χ1n) is 7.26. The lowest BCUT2D eigenvalue weighted by atomic mass is 10.0. The fraction of sp³-hybridized carbons (Fsp3) is 0.176. The molecule has 0 aliphatic carbocycles. The Morgan fingerprint density at radius 2 is 1.91 bits per heavy atom. The third-order valence-electron chi connectivity index (χ3n) is 4.19. The van der Waals surface area contributed by atoms with Crippen LogP contribution in [0.5, 0.6) is 0 Å². The molecule has 0 fully saturated rings. The molecule has 3 N–H and O–H groups in total. The minimum absolute atomic E-state index is 0.117. The van der Waals surface area contributed by atoms with Crippen LogP contribution in [0, 0.1) is 0 Å². The van der Waals surface area contributed by atoms with Crippen LogP contribution in [0.3, 0.4) is 0 Å². The zero-order valence-electron chi connectivity index (χ0n) is 11.9. The van der Waals surface area contributed by atoms with Gasteiger partial charge >= 0.3 is 0 Å². The van der Waals surface area contributed by atoms with Crippen LogP contribution < -0.4 is 16.0 Å². The first kappa shape index (κ1) is 13.0. The standard InChI is InChI=1S/C17H15N3O2/c21-16-13-2-1-3-14(15(13)9-19-16)17(22)20-12-5-4-10-7-18-8-11(10)6-12/h1-6,18H,7-9H2,(H,19,21)(H,20,22). The molecule has 2 aromatic carbocycles. The maximum absolute atomic E-state index is 12.5. The summed E-state index contributed by atoms with van der Waals surface area (Å²) < 4.78 is 0. The molecule has 2 aliphatic heterocycles. The molecule has 0 saturated carbocycles. The molecule has 0 bridgehead atoms. The van der Waals surface area contributed by atoms with Crippen molar-refractivity contribution in [3.8, 4) is 0 Å². The Kier molecular flexibility index (Phi) is 2.94. The predicted octanol–water partition coefficient (Wildman–Crippen LogP) is 1.79. The van der Waals surface area contributed by atoms with Gasteiger partial charge in [-0.3, -0.25) is 9.59 Å². The van der Waals surface area contributed by atoms with E-state index in [2.05, 4.69) is 16.0 Å². The molecule has 0 spiro atoms. The molecule has 2 aromatic rings. The van der Waals surface area contributed by atoms with E-state index in [4.69, 9.17) is 0 Å². The lowest BCUT2D eigenvalue weighted by Gasteiger charge is -2.09. The molecule has 110 valence electrons. The molecular weight excluding hydrogens is 278 g/mol. The van der Waals surface area contributed by atoms with Gasteiger partial charge in [-0.15, -0.1) is 0 Å². The second-order valence-corrected chi connectivity index (χ2v) is 5.56. The number of rotatable bonds is 2. The number of anilines is 1. The van der Waals surface area contributed by atoms with Crippen LogP contribution in [0.15, 0.2) is 36.4 Å². The molecule has 5 heteroatoms. The van der Waals surface area contributed by atoms with Gasteiger partial charge in [-0.2, -0.15) is 0 Å². The number of hydrogen-bond acceptors (Lipinski definition) is 3. The molecule has 2 amide bonds. The van der Waals surface area contributed by atoms with Crippen LogP contribution in [0.2, 0.25) is 0 Å². The zero-order chi connectivity index (χ0) is 15.1. The average Bonchev–Trinajstić information content (AvgIpc) is 3.13. The Morgan fingerprint density at radius 1 is 1.05 bits per heavy atom. The monoisotopic (exact) mass is 293 g/mol. The number of benzene rings is 2. The molecule has 2 aliphatic rings. The van der Waals surface area contributed by atoms with Gasteiger partial charge in [-0.25, -0.2) is 0 Å². The van der Waals surface area contributed by atoms with Gasteiger partial charge < -0.3 is 16.0 Å². The van der Waals surface area contributed by atoms with Crippen LogP contribution >= 0.6 is 0 Å². The first-order valence-corrected chi connectivity index (χ1v) is 7.26. The molecule has 0 saturated heterocycles. The molecular formula is C17H15N3O2. The lowest BCUT2D eigenvalue weighted by Crippen LogP contribution is -2.15. The summed E-state index contributed by atoms with van der Waals surface area (Å²) in [6.07, 6.45) is 0. The fourth-order valence-corrected chi connectivity index (χ4v) is 3.04. The summed E-state index contributed by atoms with van der Waals surface area (Å²) in [5, 5.41) is 8.96. The summed E-state index contributed by atoms with van der Waals surface area (Å²) in [7, 11) is 0. The van der Waals surface area contributed by atoms with Gasteiger partial charge in [-0.1, -0.05) is 12.1 Å². The average molecular weight is 293 g/mol. The van der Waals surface area contributed by atoms with E-state index < -0.39 is 0 Å². The molecule has 22 heavy (non-hydrogen) atoms. The molecule has 0 aromatic heterocycles. The summed E-state index contributed by atoms with van der Waals surface area (Å²) in [5.41, 5.74) is 5.18. The number of nitrogens with one attached hydrogen (secondary N) is 3. The highest BCUT2D eigenvalue weighted by atomic mass is 16.2. The summed E-state index contributed by atoms with van der Waals surface area (Å²) >= 11 is 0. The molecule has 0 radical (unpaired) electrons. The van der Waals surface area contributed by atoms with E-state index in [-0.39, 0.29) is 11.8 Å². The van der Waals surface area contributed by atoms with Crippen molar-refractivity contribution in [1.82, 2.24) is 10.6 Å². The Hall–Kier alpha value is -2.66. The van der Waals surface area contributed by atoms with Gasteiger partial charge in [0.1, 0.15) is 0 Å². The quantitative estimate of drug-likeness (QED) is 0.790. The molecule has 4 rings (SSSR count). The zero-order valence-corrected chi connectivity index (χ0v) is 11.9. The van der Waals surface area contributed by atoms with Crippen molar-refractivity contribution in [3.05, 3.63) is 64.2 Å². The van der Waals surface area contributed by atoms with Crippen LogP contribution in [0.1, 0.15) is 37.4 Å². The second kappa shape index (κ2) is 4.96. The molecule has 2 heterocycles. The van der Waals surface area contributed by atoms with Gasteiger partial charge in [0.25, 0.3) is 11.8 Å². The van der Waals surface area contributed by atoms with E-state index in [1.807, 2.05) is 18.2 Å². The Labute approximate surface area is 127 Å². The smallest absolute Gasteiger partial charge is 0.256 e. The minimum atomic E-state index is -0.181. The maximum Gasteiger partial charge on any atom is 0.256 e. The SMILES string of the molecule is O=C1NCc2c1cccc2C(=O)Nc1ccc2c(c1)CNC2. The van der Waals surface area contributed by atoms with Crippen LogP contribution in [-0.2, 0) is 19.6 Å². The van der Waals surface area contributed by atoms with Gasteiger partial charge in [0.15, 0.2) is 0 Å². The Balaban J connectivity index is 1.62. The Morgan fingerprint density at radius 3 is 2.82 bits per heavy atom. The largest absolute Gasteiger partial charge is 0.348 e. The van der Waals surface area contributed by atoms with E-state index >= 15 is 0 Å². The van der Waals surface area contributed by atoms with Gasteiger partial charge in [-0.05, 0) is 41.0 Å². The third-order valence-corrected chi connectivity index (χ3v) is 4.19. The van der Waals surface area contributed by atoms with E-state index in [1.54, 1.807) is 18.2 Å². The summed E-state index contributed by atoms with van der Waals surface area (Å²) in [6, 6.07) is 11.2. The van der Waals surface area contributed by atoms with Crippen molar-refractivity contribution in [1.29, 1.82) is 0 Å². The van der Waals surface area contributed by atoms with E-state index in [9.17, 15) is 9.59 Å². The molecule has 0 atom stereocenters. The highest BCUT2D eigenvalue weighted by molar-refractivity contribution is 6.09. The minimum Gasteiger partial charge on any atom is -0.348 e. The van der Waals surface area contributed by atoms with E-state index in [0.717, 1.165) is 24.3 Å². The lowest BCUT2D eigenvalue weighted by molar-refractivity contribution is 0.0964. The Bertz CT molecular complexity index is 798. The van der Waals surface area contributed by atoms with Crippen molar-refractivity contribution in [2.24, 2.45) is 0 Å². The molecule has 5 nitrogen and oxygen atoms in total. The van der Waals surface area contributed by atoms with Crippen molar-refractivity contribution in [2.45, 2.75) is 19.6 Å². The number of carbonyl (C=O) groups excluding carboxylic acids is 2. The van der Waals surface area contributed by atoms with Gasteiger partial charge in [0, 0.05) is 36.4 Å². The van der Waals surface area contributed by atoms with E-state index in [0.29, 0.717) is 17.7 Å².